The van der Waals surface area contributed by atoms with E-state index in [4.69, 9.17) is 21.7 Å². The van der Waals surface area contributed by atoms with Crippen LogP contribution in [0.1, 0.15) is 35.4 Å². The number of rotatable bonds is 10. The molecule has 8 nitrogen and oxygen atoms in total. The van der Waals surface area contributed by atoms with E-state index in [1.807, 2.05) is 44.4 Å². The first-order valence-electron chi connectivity index (χ1n) is 12.6. The van der Waals surface area contributed by atoms with Gasteiger partial charge in [-0.3, -0.25) is 19.4 Å². The van der Waals surface area contributed by atoms with Crippen molar-refractivity contribution in [1.82, 2.24) is 4.90 Å². The number of carbonyl (C=O) groups excluding carboxylic acids is 2. The molecule has 9 heteroatoms. The van der Waals surface area contributed by atoms with Gasteiger partial charge in [0, 0.05) is 29.9 Å². The van der Waals surface area contributed by atoms with E-state index in [9.17, 15) is 14.4 Å². The van der Waals surface area contributed by atoms with Crippen LogP contribution in [-0.2, 0) is 20.8 Å². The van der Waals surface area contributed by atoms with Gasteiger partial charge in [-0.15, -0.1) is 0 Å². The monoisotopic (exact) mass is 546 g/mol. The van der Waals surface area contributed by atoms with Crippen LogP contribution in [0.4, 0.5) is 17.1 Å². The second kappa shape index (κ2) is 12.2. The minimum absolute atomic E-state index is 0.0353. The van der Waals surface area contributed by atoms with Crippen molar-refractivity contribution in [3.63, 3.8) is 0 Å². The third-order valence-corrected chi connectivity index (χ3v) is 6.82. The van der Waals surface area contributed by atoms with Crippen LogP contribution in [0, 0.1) is 0 Å². The number of nitrogens with one attached hydrogen (secondary N) is 1. The molecule has 0 radical (unpaired) electrons. The Kier molecular flexibility index (Phi) is 8.79. The van der Waals surface area contributed by atoms with Crippen LogP contribution in [-0.4, -0.2) is 61.2 Å². The van der Waals surface area contributed by atoms with Crippen LogP contribution in [0.2, 0.25) is 5.02 Å². The Morgan fingerprint density at radius 2 is 1.69 bits per heavy atom. The highest BCUT2D eigenvalue weighted by molar-refractivity contribution is 6.31. The van der Waals surface area contributed by atoms with Crippen molar-refractivity contribution in [3.8, 4) is 0 Å². The van der Waals surface area contributed by atoms with Crippen LogP contribution in [0.25, 0.3) is 0 Å². The average molecular weight is 547 g/mol. The Balaban J connectivity index is 1.66. The number of aliphatic imine (C=N–C) groups is 1. The first-order chi connectivity index (χ1) is 18.6. The fraction of sp³-hybridized carbons (Fsp3) is 0.267. The molecule has 1 unspecified atom stereocenters. The summed E-state index contributed by atoms with van der Waals surface area (Å²) in [7, 11) is 5.72. The molecule has 1 aliphatic heterocycles. The number of benzene rings is 3. The summed E-state index contributed by atoms with van der Waals surface area (Å²) in [5, 5.41) is 12.5. The Hall–Kier alpha value is -4.01. The lowest BCUT2D eigenvalue weighted by Gasteiger charge is -2.18. The van der Waals surface area contributed by atoms with E-state index in [2.05, 4.69) is 10.2 Å². The summed E-state index contributed by atoms with van der Waals surface area (Å²) < 4.78 is 0. The molecular formula is C30H31ClN4O4. The zero-order valence-corrected chi connectivity index (χ0v) is 22.9. The minimum atomic E-state index is -0.918. The maximum atomic E-state index is 13.1. The molecule has 0 aromatic heterocycles. The summed E-state index contributed by atoms with van der Waals surface area (Å²) >= 11 is 6.15. The SMILES string of the molecule is CN(C)CCCC(=O)N(C)c1ccc(N=C(c2ccc(CC(=O)O)cc2)C2C(=O)Nc3cc(Cl)ccc32)cc1. The van der Waals surface area contributed by atoms with Crippen LogP contribution in [0.5, 0.6) is 0 Å². The predicted octanol–water partition coefficient (Wildman–Crippen LogP) is 5.13. The van der Waals surface area contributed by atoms with Gasteiger partial charge in [-0.1, -0.05) is 41.9 Å². The molecule has 0 aliphatic carbocycles. The molecule has 39 heavy (non-hydrogen) atoms. The van der Waals surface area contributed by atoms with E-state index >= 15 is 0 Å². The summed E-state index contributed by atoms with van der Waals surface area (Å²) in [4.78, 5) is 45.5. The fourth-order valence-electron chi connectivity index (χ4n) is 4.52. The normalized spacial score (nSPS) is 14.7. The number of aliphatic carboxylic acids is 1. The molecule has 4 rings (SSSR count). The Morgan fingerprint density at radius 1 is 1.00 bits per heavy atom. The smallest absolute Gasteiger partial charge is 0.307 e. The molecule has 2 amide bonds. The summed E-state index contributed by atoms with van der Waals surface area (Å²) in [6, 6.07) is 19.6. The van der Waals surface area contributed by atoms with Crippen LogP contribution in [0.3, 0.4) is 0 Å². The van der Waals surface area contributed by atoms with Crippen molar-refractivity contribution in [2.75, 3.05) is 37.9 Å². The zero-order chi connectivity index (χ0) is 28.1. The van der Waals surface area contributed by atoms with Gasteiger partial charge in [-0.05, 0) is 80.1 Å². The molecule has 3 aromatic carbocycles. The number of nitrogens with zero attached hydrogens (tertiary/aromatic N) is 3. The number of anilines is 2. The van der Waals surface area contributed by atoms with Gasteiger partial charge in [-0.25, -0.2) is 0 Å². The third kappa shape index (κ3) is 6.90. The molecule has 1 aliphatic rings. The number of halogens is 1. The minimum Gasteiger partial charge on any atom is -0.481 e. The molecule has 2 N–H and O–H groups in total. The highest BCUT2D eigenvalue weighted by Crippen LogP contribution is 2.38. The largest absolute Gasteiger partial charge is 0.481 e. The standard InChI is InChI=1S/C30H31ClN4O4/c1-34(2)16-4-5-26(36)35(3)23-13-11-22(12-14-23)32-29(20-8-6-19(7-9-20)17-27(37)38)28-24-15-10-21(31)18-25(24)33-30(28)39/h6-15,18,28H,4-5,16-17H2,1-3H3,(H,33,39)(H,37,38). The Morgan fingerprint density at radius 3 is 2.33 bits per heavy atom. The topological polar surface area (TPSA) is 102 Å². The van der Waals surface area contributed by atoms with Crippen molar-refractivity contribution in [1.29, 1.82) is 0 Å². The van der Waals surface area contributed by atoms with E-state index in [-0.39, 0.29) is 18.2 Å². The van der Waals surface area contributed by atoms with Gasteiger partial charge in [0.25, 0.3) is 0 Å². The fourth-order valence-corrected chi connectivity index (χ4v) is 4.69. The van der Waals surface area contributed by atoms with Crippen LogP contribution < -0.4 is 10.2 Å². The molecule has 202 valence electrons. The van der Waals surface area contributed by atoms with Crippen molar-refractivity contribution < 1.29 is 19.5 Å². The lowest BCUT2D eigenvalue weighted by molar-refractivity contribution is -0.136. The van der Waals surface area contributed by atoms with Crippen molar-refractivity contribution >= 4 is 52.2 Å². The first kappa shape index (κ1) is 28.0. The zero-order valence-electron chi connectivity index (χ0n) is 22.1. The van der Waals surface area contributed by atoms with Gasteiger partial charge in [0.2, 0.25) is 11.8 Å². The van der Waals surface area contributed by atoms with Crippen LogP contribution >= 0.6 is 11.6 Å². The molecule has 0 saturated carbocycles. The second-order valence-corrected chi connectivity index (χ2v) is 10.2. The highest BCUT2D eigenvalue weighted by Gasteiger charge is 2.35. The number of amides is 2. The number of carbonyl (C=O) groups is 3. The van der Waals surface area contributed by atoms with Gasteiger partial charge in [0.1, 0.15) is 5.92 Å². The van der Waals surface area contributed by atoms with Crippen LogP contribution in [0.15, 0.2) is 71.7 Å². The summed E-state index contributed by atoms with van der Waals surface area (Å²) in [6.45, 7) is 0.845. The maximum Gasteiger partial charge on any atom is 0.307 e. The highest BCUT2D eigenvalue weighted by atomic mass is 35.5. The number of carboxylic acids is 1. The number of hydrogen-bond donors (Lipinski definition) is 2. The van der Waals surface area contributed by atoms with Crippen molar-refractivity contribution in [3.05, 3.63) is 88.4 Å². The maximum absolute atomic E-state index is 13.1. The van der Waals surface area contributed by atoms with E-state index in [0.717, 1.165) is 24.2 Å². The molecule has 0 saturated heterocycles. The average Bonchev–Trinajstić information content (AvgIpc) is 3.21. The predicted molar refractivity (Wildman–Crippen MR) is 154 cm³/mol. The molecule has 3 aromatic rings. The van der Waals surface area contributed by atoms with E-state index in [0.29, 0.717) is 39.7 Å². The van der Waals surface area contributed by atoms with Crippen molar-refractivity contribution in [2.45, 2.75) is 25.2 Å². The molecule has 0 bridgehead atoms. The molecule has 0 spiro atoms. The third-order valence-electron chi connectivity index (χ3n) is 6.58. The quantitative estimate of drug-likeness (QED) is 0.343. The molecular weight excluding hydrogens is 516 g/mol. The van der Waals surface area contributed by atoms with Gasteiger partial charge in [0.15, 0.2) is 0 Å². The van der Waals surface area contributed by atoms with Gasteiger partial charge < -0.3 is 20.2 Å². The van der Waals surface area contributed by atoms with E-state index in [1.54, 1.807) is 48.3 Å². The Labute approximate surface area is 232 Å². The number of hydrogen-bond acceptors (Lipinski definition) is 5. The number of fused-ring (bicyclic) bond motifs is 1. The summed E-state index contributed by atoms with van der Waals surface area (Å²) in [5.74, 6) is -1.78. The summed E-state index contributed by atoms with van der Waals surface area (Å²) in [6.07, 6.45) is 1.14. The van der Waals surface area contributed by atoms with E-state index in [1.165, 1.54) is 0 Å². The van der Waals surface area contributed by atoms with E-state index < -0.39 is 11.9 Å². The lowest BCUT2D eigenvalue weighted by atomic mass is 9.90. The molecule has 1 atom stereocenters. The summed E-state index contributed by atoms with van der Waals surface area (Å²) in [5.41, 5.74) is 4.64. The van der Waals surface area contributed by atoms with Gasteiger partial charge in [-0.2, -0.15) is 0 Å². The lowest BCUT2D eigenvalue weighted by Crippen LogP contribution is -2.27. The number of carboxylic acid groups (broad SMARTS) is 1. The molecule has 0 fully saturated rings. The Bertz CT molecular complexity index is 1400. The van der Waals surface area contributed by atoms with Crippen molar-refractivity contribution in [2.24, 2.45) is 4.99 Å². The van der Waals surface area contributed by atoms with Gasteiger partial charge in [0.05, 0.1) is 17.8 Å². The van der Waals surface area contributed by atoms with Gasteiger partial charge >= 0.3 is 5.97 Å². The first-order valence-corrected chi connectivity index (χ1v) is 13.0. The second-order valence-electron chi connectivity index (χ2n) is 9.79. The molecule has 1 heterocycles.